The SMILES string of the molecule is Cc1cccc(C)c1OCC(C)NC(=O)C1(N)CCOCC1.Cl. The number of ether oxygens (including phenoxy) is 2. The number of nitrogens with two attached hydrogens (primary N) is 1. The Kier molecular flexibility index (Phi) is 7.32. The van der Waals surface area contributed by atoms with E-state index >= 15 is 0 Å². The van der Waals surface area contributed by atoms with E-state index in [0.717, 1.165) is 16.9 Å². The van der Waals surface area contributed by atoms with E-state index in [0.29, 0.717) is 32.7 Å². The molecule has 1 fully saturated rings. The minimum Gasteiger partial charge on any atom is -0.491 e. The van der Waals surface area contributed by atoms with Gasteiger partial charge in [-0.2, -0.15) is 0 Å². The van der Waals surface area contributed by atoms with Crippen LogP contribution < -0.4 is 15.8 Å². The Labute approximate surface area is 144 Å². The average molecular weight is 343 g/mol. The van der Waals surface area contributed by atoms with Crippen LogP contribution >= 0.6 is 12.4 Å². The van der Waals surface area contributed by atoms with E-state index in [1.54, 1.807) is 0 Å². The van der Waals surface area contributed by atoms with Crippen molar-refractivity contribution in [1.82, 2.24) is 5.32 Å². The molecule has 0 aliphatic carbocycles. The summed E-state index contributed by atoms with van der Waals surface area (Å²) in [5.74, 6) is 0.769. The summed E-state index contributed by atoms with van der Waals surface area (Å²) < 4.78 is 11.1. The van der Waals surface area contributed by atoms with Crippen LogP contribution in [-0.4, -0.2) is 37.3 Å². The summed E-state index contributed by atoms with van der Waals surface area (Å²) in [5, 5.41) is 2.95. The van der Waals surface area contributed by atoms with Gasteiger partial charge in [0, 0.05) is 13.2 Å². The van der Waals surface area contributed by atoms with Crippen molar-refractivity contribution in [3.05, 3.63) is 29.3 Å². The monoisotopic (exact) mass is 342 g/mol. The van der Waals surface area contributed by atoms with Crippen LogP contribution in [0.4, 0.5) is 0 Å². The first-order valence-corrected chi connectivity index (χ1v) is 7.79. The molecule has 0 radical (unpaired) electrons. The zero-order valence-corrected chi connectivity index (χ0v) is 14.9. The molecular weight excluding hydrogens is 316 g/mol. The molecule has 130 valence electrons. The summed E-state index contributed by atoms with van der Waals surface area (Å²) in [6, 6.07) is 5.94. The third-order valence-corrected chi connectivity index (χ3v) is 4.10. The largest absolute Gasteiger partial charge is 0.491 e. The van der Waals surface area contributed by atoms with Gasteiger partial charge in [0.25, 0.3) is 0 Å². The number of rotatable bonds is 5. The third-order valence-electron chi connectivity index (χ3n) is 4.10. The second-order valence-corrected chi connectivity index (χ2v) is 6.17. The highest BCUT2D eigenvalue weighted by Gasteiger charge is 2.36. The Bertz CT molecular complexity index is 510. The van der Waals surface area contributed by atoms with Crippen LogP contribution in [0.25, 0.3) is 0 Å². The molecule has 1 aliphatic rings. The molecule has 1 heterocycles. The molecule has 1 aliphatic heterocycles. The Balaban J connectivity index is 0.00000264. The number of hydrogen-bond acceptors (Lipinski definition) is 4. The fraction of sp³-hybridized carbons (Fsp3) is 0.588. The van der Waals surface area contributed by atoms with Gasteiger partial charge in [-0.05, 0) is 44.7 Å². The predicted octanol–water partition coefficient (Wildman–Crippen LogP) is 2.12. The summed E-state index contributed by atoms with van der Waals surface area (Å²) in [6.45, 7) is 7.46. The Morgan fingerprint density at radius 3 is 2.48 bits per heavy atom. The van der Waals surface area contributed by atoms with Crippen LogP contribution in [0.2, 0.25) is 0 Å². The smallest absolute Gasteiger partial charge is 0.240 e. The maximum Gasteiger partial charge on any atom is 0.240 e. The fourth-order valence-corrected chi connectivity index (χ4v) is 2.61. The van der Waals surface area contributed by atoms with Crippen molar-refractivity contribution >= 4 is 18.3 Å². The molecule has 1 saturated heterocycles. The Morgan fingerprint density at radius 1 is 1.35 bits per heavy atom. The second-order valence-electron chi connectivity index (χ2n) is 6.17. The Morgan fingerprint density at radius 2 is 1.91 bits per heavy atom. The van der Waals surface area contributed by atoms with Gasteiger partial charge in [0.1, 0.15) is 12.4 Å². The molecule has 1 atom stereocenters. The molecule has 1 unspecified atom stereocenters. The number of amides is 1. The number of aryl methyl sites for hydroxylation is 2. The first-order valence-electron chi connectivity index (χ1n) is 7.79. The van der Waals surface area contributed by atoms with E-state index in [1.165, 1.54) is 0 Å². The molecule has 6 heteroatoms. The lowest BCUT2D eigenvalue weighted by Gasteiger charge is -2.33. The molecule has 1 amide bonds. The first kappa shape index (κ1) is 19.7. The number of carbonyl (C=O) groups is 1. The number of para-hydroxylation sites is 1. The van der Waals surface area contributed by atoms with Crippen molar-refractivity contribution in [3.8, 4) is 5.75 Å². The van der Waals surface area contributed by atoms with Gasteiger partial charge in [0.15, 0.2) is 0 Å². The lowest BCUT2D eigenvalue weighted by Crippen LogP contribution is -2.58. The molecule has 2 rings (SSSR count). The topological polar surface area (TPSA) is 73.6 Å². The third kappa shape index (κ3) is 5.09. The maximum atomic E-state index is 12.3. The molecule has 3 N–H and O–H groups in total. The number of nitrogens with one attached hydrogen (secondary N) is 1. The van der Waals surface area contributed by atoms with Gasteiger partial charge < -0.3 is 20.5 Å². The molecule has 0 saturated carbocycles. The van der Waals surface area contributed by atoms with Crippen LogP contribution in [-0.2, 0) is 9.53 Å². The van der Waals surface area contributed by atoms with E-state index in [2.05, 4.69) is 5.32 Å². The van der Waals surface area contributed by atoms with Crippen LogP contribution in [0.15, 0.2) is 18.2 Å². The molecule has 5 nitrogen and oxygen atoms in total. The van der Waals surface area contributed by atoms with Crippen molar-refractivity contribution in [2.45, 2.75) is 45.2 Å². The quantitative estimate of drug-likeness (QED) is 0.859. The summed E-state index contributed by atoms with van der Waals surface area (Å²) in [6.07, 6.45) is 1.12. The number of benzene rings is 1. The van der Waals surface area contributed by atoms with Crippen molar-refractivity contribution in [3.63, 3.8) is 0 Å². The van der Waals surface area contributed by atoms with E-state index in [1.807, 2.05) is 39.0 Å². The molecule has 0 aromatic heterocycles. The van der Waals surface area contributed by atoms with Gasteiger partial charge in [-0.15, -0.1) is 12.4 Å². The standard InChI is InChI=1S/C17H26N2O3.ClH/c1-12-5-4-6-13(2)15(12)22-11-14(3)19-16(20)17(18)7-9-21-10-8-17;/h4-6,14H,7-11,18H2,1-3H3,(H,19,20);1H. The molecular formula is C17H27ClN2O3. The van der Waals surface area contributed by atoms with E-state index in [-0.39, 0.29) is 24.4 Å². The highest BCUT2D eigenvalue weighted by Crippen LogP contribution is 2.22. The fourth-order valence-electron chi connectivity index (χ4n) is 2.61. The van der Waals surface area contributed by atoms with Crippen molar-refractivity contribution in [2.24, 2.45) is 5.73 Å². The zero-order chi connectivity index (χ0) is 16.2. The van der Waals surface area contributed by atoms with E-state index < -0.39 is 5.54 Å². The maximum absolute atomic E-state index is 12.3. The first-order chi connectivity index (χ1) is 10.4. The zero-order valence-electron chi connectivity index (χ0n) is 14.1. The highest BCUT2D eigenvalue weighted by atomic mass is 35.5. The molecule has 0 spiro atoms. The molecule has 23 heavy (non-hydrogen) atoms. The normalized spacial score (nSPS) is 17.7. The van der Waals surface area contributed by atoms with Gasteiger partial charge in [-0.3, -0.25) is 4.79 Å². The number of hydrogen-bond donors (Lipinski definition) is 2. The van der Waals surface area contributed by atoms with Crippen LogP contribution in [0.5, 0.6) is 5.75 Å². The second kappa shape index (κ2) is 8.52. The van der Waals surface area contributed by atoms with Crippen molar-refractivity contribution < 1.29 is 14.3 Å². The lowest BCUT2D eigenvalue weighted by molar-refractivity contribution is -0.130. The van der Waals surface area contributed by atoms with Crippen LogP contribution in [0.3, 0.4) is 0 Å². The van der Waals surface area contributed by atoms with E-state index in [9.17, 15) is 4.79 Å². The van der Waals surface area contributed by atoms with Gasteiger partial charge >= 0.3 is 0 Å². The van der Waals surface area contributed by atoms with Crippen molar-refractivity contribution in [2.75, 3.05) is 19.8 Å². The summed E-state index contributed by atoms with van der Waals surface area (Å²) in [7, 11) is 0. The average Bonchev–Trinajstić information content (AvgIpc) is 2.47. The summed E-state index contributed by atoms with van der Waals surface area (Å²) >= 11 is 0. The molecule has 0 bridgehead atoms. The highest BCUT2D eigenvalue weighted by molar-refractivity contribution is 5.86. The molecule has 1 aromatic carbocycles. The van der Waals surface area contributed by atoms with Gasteiger partial charge in [0.2, 0.25) is 5.91 Å². The summed E-state index contributed by atoms with van der Waals surface area (Å²) in [5.41, 5.74) is 7.55. The van der Waals surface area contributed by atoms with E-state index in [4.69, 9.17) is 15.2 Å². The molecule has 1 aromatic rings. The van der Waals surface area contributed by atoms with Gasteiger partial charge in [0.05, 0.1) is 11.6 Å². The van der Waals surface area contributed by atoms with Crippen LogP contribution in [0.1, 0.15) is 30.9 Å². The van der Waals surface area contributed by atoms with Gasteiger partial charge in [-0.1, -0.05) is 18.2 Å². The minimum atomic E-state index is -0.814. The summed E-state index contributed by atoms with van der Waals surface area (Å²) in [4.78, 5) is 12.3. The van der Waals surface area contributed by atoms with Gasteiger partial charge in [-0.25, -0.2) is 0 Å². The lowest BCUT2D eigenvalue weighted by atomic mass is 9.90. The minimum absolute atomic E-state index is 0. The Hall–Kier alpha value is -1.30. The van der Waals surface area contributed by atoms with Crippen LogP contribution in [0, 0.1) is 13.8 Å². The van der Waals surface area contributed by atoms with Crippen molar-refractivity contribution in [1.29, 1.82) is 0 Å². The number of carbonyl (C=O) groups excluding carboxylic acids is 1. The number of halogens is 1. The predicted molar refractivity (Wildman–Crippen MR) is 93.2 cm³/mol.